The van der Waals surface area contributed by atoms with E-state index in [-0.39, 0.29) is 0 Å². The molecule has 49 heavy (non-hydrogen) atoms. The third kappa shape index (κ3) is 19.1. The Labute approximate surface area is 330 Å². The smallest absolute Gasteiger partial charge is 0.0717 e. The molecular formula is C42H73NS6. The van der Waals surface area contributed by atoms with Gasteiger partial charge in [-0.2, -0.15) is 0 Å². The molecule has 1 N–H and O–H groups in total. The van der Waals surface area contributed by atoms with Gasteiger partial charge in [0.15, 0.2) is 0 Å². The lowest BCUT2D eigenvalue weighted by atomic mass is 10.0. The average molecular weight is 784 g/mol. The first-order valence-corrected chi connectivity index (χ1v) is 26.0. The van der Waals surface area contributed by atoms with E-state index in [0.29, 0.717) is 0 Å². The van der Waals surface area contributed by atoms with Gasteiger partial charge in [0.25, 0.3) is 0 Å². The normalized spacial score (nSPS) is 14.6. The van der Waals surface area contributed by atoms with Crippen molar-refractivity contribution >= 4 is 70.6 Å². The Balaban J connectivity index is 1.28. The summed E-state index contributed by atoms with van der Waals surface area (Å²) in [4.78, 5) is 6.48. The molecule has 0 unspecified atom stereocenters. The van der Waals surface area contributed by atoms with E-state index < -0.39 is 0 Å². The highest BCUT2D eigenvalue weighted by Crippen LogP contribution is 2.65. The summed E-state index contributed by atoms with van der Waals surface area (Å²) in [5.74, 6) is 2.57. The number of aromatic nitrogens is 1. The molecular weight excluding hydrogens is 711 g/mol. The average Bonchev–Trinajstić information content (AvgIpc) is 3.79. The fourth-order valence-corrected chi connectivity index (χ4v) is 15.7. The van der Waals surface area contributed by atoms with Crippen LogP contribution in [0.1, 0.15) is 205 Å². The number of aromatic amines is 1. The monoisotopic (exact) mass is 783 g/mol. The van der Waals surface area contributed by atoms with Gasteiger partial charge in [-0.25, -0.2) is 0 Å². The molecule has 0 bridgehead atoms. The minimum absolute atomic E-state index is 1.28. The number of H-pyrrole nitrogens is 1. The second kappa shape index (κ2) is 29.2. The van der Waals surface area contributed by atoms with Crippen molar-refractivity contribution in [3.63, 3.8) is 0 Å². The van der Waals surface area contributed by atoms with Gasteiger partial charge in [0, 0.05) is 21.2 Å². The highest BCUT2D eigenvalue weighted by molar-refractivity contribution is 8.42. The van der Waals surface area contributed by atoms with Crippen molar-refractivity contribution in [2.75, 3.05) is 11.5 Å². The largest absolute Gasteiger partial charge is 0.361 e. The van der Waals surface area contributed by atoms with Crippen molar-refractivity contribution in [1.29, 1.82) is 0 Å². The van der Waals surface area contributed by atoms with Gasteiger partial charge >= 0.3 is 0 Å². The Bertz CT molecular complexity index is 983. The molecule has 0 atom stereocenters. The van der Waals surface area contributed by atoms with Gasteiger partial charge in [-0.1, -0.05) is 228 Å². The Morgan fingerprint density at radius 3 is 0.939 bits per heavy atom. The van der Waals surface area contributed by atoms with Gasteiger partial charge in [0.05, 0.1) is 16.9 Å². The number of hydrogen-bond acceptors (Lipinski definition) is 6. The molecule has 1 aromatic rings. The predicted octanol–water partition coefficient (Wildman–Crippen LogP) is 18.0. The van der Waals surface area contributed by atoms with Crippen molar-refractivity contribution in [3.8, 4) is 0 Å². The summed E-state index contributed by atoms with van der Waals surface area (Å²) in [6.07, 6.45) is 40.3. The van der Waals surface area contributed by atoms with Crippen LogP contribution >= 0.6 is 70.6 Å². The minimum Gasteiger partial charge on any atom is -0.361 e. The van der Waals surface area contributed by atoms with Crippen LogP contribution in [0.2, 0.25) is 0 Å². The number of unbranched alkanes of at least 4 members (excludes halogenated alkanes) is 26. The van der Waals surface area contributed by atoms with Crippen molar-refractivity contribution in [2.45, 2.75) is 217 Å². The van der Waals surface area contributed by atoms with E-state index >= 15 is 0 Å². The van der Waals surface area contributed by atoms with Crippen molar-refractivity contribution in [1.82, 2.24) is 4.98 Å². The van der Waals surface area contributed by atoms with Crippen molar-refractivity contribution < 1.29 is 0 Å². The van der Waals surface area contributed by atoms with E-state index in [2.05, 4.69) is 79.7 Å². The first-order chi connectivity index (χ1) is 24.1. The SMILES string of the molecule is CCCCCCCCCCCCCCCCSC1=C(SCCCCCCCCCCCCCCCC)SC(=C2Sc3c(C)[nH]c(C)c3S2)S1. The van der Waals surface area contributed by atoms with Crippen LogP contribution in [0.15, 0.2) is 26.7 Å². The summed E-state index contributed by atoms with van der Waals surface area (Å²) in [5, 5.41) is 0. The van der Waals surface area contributed by atoms with E-state index in [1.807, 2.05) is 23.5 Å². The van der Waals surface area contributed by atoms with Crippen LogP contribution in [-0.2, 0) is 0 Å². The maximum atomic E-state index is 3.55. The lowest BCUT2D eigenvalue weighted by Crippen LogP contribution is -1.85. The van der Waals surface area contributed by atoms with Gasteiger partial charge in [-0.3, -0.25) is 0 Å². The number of hydrogen-bond donors (Lipinski definition) is 1. The standard InChI is InChI=1S/C42H73NS6/c1-5-7-9-11-13-15-17-19-21-23-25-27-29-31-33-44-39-40(49-42(48-39)41-46-37-35(3)43-36(4)38(37)47-41)45-34-32-30-28-26-24-22-20-18-16-14-12-10-8-6-2/h43H,5-34H2,1-4H3. The third-order valence-corrected chi connectivity index (χ3v) is 18.9. The predicted molar refractivity (Wildman–Crippen MR) is 237 cm³/mol. The summed E-state index contributed by atoms with van der Waals surface area (Å²) in [5.41, 5.74) is 2.67. The summed E-state index contributed by atoms with van der Waals surface area (Å²) in [6, 6.07) is 0. The molecule has 2 aliphatic heterocycles. The van der Waals surface area contributed by atoms with Crippen LogP contribution in [0.25, 0.3) is 0 Å². The van der Waals surface area contributed by atoms with E-state index in [1.165, 1.54) is 221 Å². The lowest BCUT2D eigenvalue weighted by molar-refractivity contribution is 0.538. The number of fused-ring (bicyclic) bond motifs is 1. The molecule has 7 heteroatoms. The van der Waals surface area contributed by atoms with Gasteiger partial charge < -0.3 is 4.98 Å². The second-order valence-corrected chi connectivity index (χ2v) is 21.8. The molecule has 0 fully saturated rings. The molecule has 0 saturated heterocycles. The quantitative estimate of drug-likeness (QED) is 0.0727. The molecule has 3 rings (SSSR count). The highest BCUT2D eigenvalue weighted by atomic mass is 32.3. The maximum absolute atomic E-state index is 3.55. The molecule has 3 heterocycles. The zero-order chi connectivity index (χ0) is 34.8. The fourth-order valence-electron chi connectivity index (χ4n) is 6.73. The number of nitrogens with one attached hydrogen (secondary N) is 1. The summed E-state index contributed by atoms with van der Waals surface area (Å²) >= 11 is 12.5. The van der Waals surface area contributed by atoms with Crippen LogP contribution in [0.5, 0.6) is 0 Å². The van der Waals surface area contributed by atoms with E-state index in [0.717, 1.165) is 0 Å². The number of aryl methyl sites for hydroxylation is 2. The van der Waals surface area contributed by atoms with Crippen LogP contribution in [-0.4, -0.2) is 16.5 Å². The second-order valence-electron chi connectivity index (χ2n) is 14.5. The lowest BCUT2D eigenvalue weighted by Gasteiger charge is -2.06. The van der Waals surface area contributed by atoms with E-state index in [1.54, 1.807) is 8.47 Å². The Hall–Kier alpha value is 0.860. The van der Waals surface area contributed by atoms with Gasteiger partial charge in [0.2, 0.25) is 0 Å². The molecule has 0 amide bonds. The van der Waals surface area contributed by atoms with Gasteiger partial charge in [0.1, 0.15) is 0 Å². The third-order valence-electron chi connectivity index (χ3n) is 9.82. The van der Waals surface area contributed by atoms with Crippen molar-refractivity contribution in [2.24, 2.45) is 0 Å². The Kier molecular flexibility index (Phi) is 26.4. The molecule has 282 valence electrons. The van der Waals surface area contributed by atoms with Crippen LogP contribution < -0.4 is 0 Å². The molecule has 0 aliphatic carbocycles. The Morgan fingerprint density at radius 2 is 0.633 bits per heavy atom. The molecule has 0 aromatic carbocycles. The van der Waals surface area contributed by atoms with Gasteiger partial charge in [-0.15, -0.1) is 23.5 Å². The molecule has 0 radical (unpaired) electrons. The first kappa shape index (κ1) is 44.3. The maximum Gasteiger partial charge on any atom is 0.0717 e. The highest BCUT2D eigenvalue weighted by Gasteiger charge is 2.31. The van der Waals surface area contributed by atoms with E-state index in [4.69, 9.17) is 0 Å². The zero-order valence-corrected chi connectivity index (χ0v) is 37.1. The molecule has 0 spiro atoms. The summed E-state index contributed by atoms with van der Waals surface area (Å²) in [7, 11) is 0. The fraction of sp³-hybridized carbons (Fsp3) is 0.810. The van der Waals surface area contributed by atoms with E-state index in [9.17, 15) is 0 Å². The molecule has 2 aliphatic rings. The topological polar surface area (TPSA) is 15.8 Å². The molecule has 0 saturated carbocycles. The van der Waals surface area contributed by atoms with Crippen molar-refractivity contribution in [3.05, 3.63) is 28.3 Å². The van der Waals surface area contributed by atoms with Gasteiger partial charge in [-0.05, 0) is 38.2 Å². The number of thioether (sulfide) groups is 6. The van der Waals surface area contributed by atoms with Crippen LogP contribution in [0.3, 0.4) is 0 Å². The summed E-state index contributed by atoms with van der Waals surface area (Å²) in [6.45, 7) is 9.08. The molecule has 1 aromatic heterocycles. The van der Waals surface area contributed by atoms with Crippen LogP contribution in [0.4, 0.5) is 0 Å². The van der Waals surface area contributed by atoms with Crippen LogP contribution in [0, 0.1) is 13.8 Å². The Morgan fingerprint density at radius 1 is 0.367 bits per heavy atom. The minimum atomic E-state index is 1.28. The first-order valence-electron chi connectivity index (χ1n) is 20.8. The zero-order valence-electron chi connectivity index (χ0n) is 32.2. The number of rotatable bonds is 32. The summed E-state index contributed by atoms with van der Waals surface area (Å²) < 4.78 is 6.26. The molecule has 1 nitrogen and oxygen atoms in total.